The first kappa shape index (κ1) is 21.0. The Morgan fingerprint density at radius 3 is 2.48 bits per heavy atom. The maximum absolute atomic E-state index is 12.6. The van der Waals surface area contributed by atoms with Crippen molar-refractivity contribution in [2.75, 3.05) is 5.32 Å². The summed E-state index contributed by atoms with van der Waals surface area (Å²) >= 11 is 0. The molecule has 1 aliphatic rings. The summed E-state index contributed by atoms with van der Waals surface area (Å²) in [6.07, 6.45) is 9.61. The minimum atomic E-state index is -0.0142. The number of nitrogens with one attached hydrogen (secondary N) is 1. The predicted octanol–water partition coefficient (Wildman–Crippen LogP) is 5.86. The summed E-state index contributed by atoms with van der Waals surface area (Å²) in [6.45, 7) is 0. The number of aryl methyl sites for hydroxylation is 1. The van der Waals surface area contributed by atoms with Gasteiger partial charge < -0.3 is 10.4 Å². The van der Waals surface area contributed by atoms with Gasteiger partial charge in [-0.15, -0.1) is 0 Å². The topological polar surface area (TPSA) is 75.1 Å². The zero-order valence-corrected chi connectivity index (χ0v) is 17.8. The maximum Gasteiger partial charge on any atom is 0.225 e. The van der Waals surface area contributed by atoms with Crippen LogP contribution >= 0.6 is 0 Å². The van der Waals surface area contributed by atoms with Crippen LogP contribution in [-0.2, 0) is 11.2 Å². The third kappa shape index (κ3) is 5.69. The molecule has 0 saturated heterocycles. The molecule has 160 valence electrons. The molecule has 1 saturated carbocycles. The number of phenols is 1. The number of amides is 1. The number of nitrogens with zero attached hydrogens (tertiary/aromatic N) is 2. The lowest BCUT2D eigenvalue weighted by Crippen LogP contribution is -2.18. The molecule has 0 bridgehead atoms. The van der Waals surface area contributed by atoms with Crippen molar-refractivity contribution in [3.05, 3.63) is 72.1 Å². The van der Waals surface area contributed by atoms with Gasteiger partial charge in [0, 0.05) is 17.9 Å². The van der Waals surface area contributed by atoms with E-state index in [1.54, 1.807) is 18.3 Å². The molecule has 0 atom stereocenters. The summed E-state index contributed by atoms with van der Waals surface area (Å²) in [4.78, 5) is 22.1. The zero-order valence-electron chi connectivity index (χ0n) is 17.8. The molecule has 31 heavy (non-hydrogen) atoms. The largest absolute Gasteiger partial charge is 0.508 e. The zero-order chi connectivity index (χ0) is 21.5. The van der Waals surface area contributed by atoms with Crippen molar-refractivity contribution in [3.63, 3.8) is 0 Å². The SMILES string of the molecule is O=C(CCCc1ccccc1)Nc1ncc(-c2ccc(O)cc2)nc1C1CCCCC1. The molecule has 1 aromatic heterocycles. The van der Waals surface area contributed by atoms with E-state index in [2.05, 4.69) is 22.4 Å². The number of rotatable bonds is 7. The van der Waals surface area contributed by atoms with Crippen LogP contribution in [0, 0.1) is 0 Å². The lowest BCUT2D eigenvalue weighted by molar-refractivity contribution is -0.116. The molecular weight excluding hydrogens is 386 g/mol. The molecule has 0 aliphatic heterocycles. The van der Waals surface area contributed by atoms with Gasteiger partial charge in [0.05, 0.1) is 17.6 Å². The lowest BCUT2D eigenvalue weighted by atomic mass is 9.86. The van der Waals surface area contributed by atoms with Gasteiger partial charge in [-0.3, -0.25) is 4.79 Å². The van der Waals surface area contributed by atoms with Gasteiger partial charge in [-0.05, 0) is 55.5 Å². The minimum absolute atomic E-state index is 0.0142. The number of carbonyl (C=O) groups is 1. The molecule has 0 unspecified atom stereocenters. The fraction of sp³-hybridized carbons (Fsp3) is 0.346. The van der Waals surface area contributed by atoms with Gasteiger partial charge in [-0.2, -0.15) is 0 Å². The molecule has 5 heteroatoms. The van der Waals surface area contributed by atoms with Crippen LogP contribution in [0.1, 0.15) is 62.1 Å². The van der Waals surface area contributed by atoms with E-state index >= 15 is 0 Å². The number of anilines is 1. The van der Waals surface area contributed by atoms with Crippen LogP contribution in [0.5, 0.6) is 5.75 Å². The van der Waals surface area contributed by atoms with Gasteiger partial charge >= 0.3 is 0 Å². The van der Waals surface area contributed by atoms with Crippen molar-refractivity contribution in [3.8, 4) is 17.0 Å². The summed E-state index contributed by atoms with van der Waals surface area (Å²) in [6, 6.07) is 17.2. The second-order valence-electron chi connectivity index (χ2n) is 8.26. The van der Waals surface area contributed by atoms with E-state index in [9.17, 15) is 9.90 Å². The fourth-order valence-electron chi connectivity index (χ4n) is 4.22. The van der Waals surface area contributed by atoms with E-state index in [0.29, 0.717) is 18.2 Å². The van der Waals surface area contributed by atoms with Gasteiger partial charge in [0.15, 0.2) is 5.82 Å². The van der Waals surface area contributed by atoms with Gasteiger partial charge in [0.2, 0.25) is 5.91 Å². The summed E-state index contributed by atoms with van der Waals surface area (Å²) in [5, 5.41) is 12.6. The van der Waals surface area contributed by atoms with Crippen LogP contribution in [0.25, 0.3) is 11.3 Å². The Morgan fingerprint density at radius 2 is 1.74 bits per heavy atom. The van der Waals surface area contributed by atoms with Crippen molar-refractivity contribution in [2.24, 2.45) is 0 Å². The van der Waals surface area contributed by atoms with Gasteiger partial charge in [-0.1, -0.05) is 49.6 Å². The molecule has 3 aromatic rings. The Morgan fingerprint density at radius 1 is 1.00 bits per heavy atom. The maximum atomic E-state index is 12.6. The molecule has 0 spiro atoms. The lowest BCUT2D eigenvalue weighted by Gasteiger charge is -2.23. The van der Waals surface area contributed by atoms with Crippen LogP contribution in [-0.4, -0.2) is 21.0 Å². The molecule has 1 amide bonds. The number of hydrogen-bond donors (Lipinski definition) is 2. The number of benzene rings is 2. The van der Waals surface area contributed by atoms with Crippen molar-refractivity contribution >= 4 is 11.7 Å². The number of hydrogen-bond acceptors (Lipinski definition) is 4. The second-order valence-corrected chi connectivity index (χ2v) is 8.26. The van der Waals surface area contributed by atoms with Crippen molar-refractivity contribution < 1.29 is 9.90 Å². The van der Waals surface area contributed by atoms with E-state index < -0.39 is 0 Å². The summed E-state index contributed by atoms with van der Waals surface area (Å²) < 4.78 is 0. The Kier molecular flexibility index (Phi) is 6.92. The highest BCUT2D eigenvalue weighted by molar-refractivity contribution is 5.90. The summed E-state index contributed by atoms with van der Waals surface area (Å²) in [7, 11) is 0. The Bertz CT molecular complexity index is 997. The van der Waals surface area contributed by atoms with E-state index in [1.165, 1.54) is 24.8 Å². The smallest absolute Gasteiger partial charge is 0.225 e. The first-order valence-electron chi connectivity index (χ1n) is 11.2. The first-order chi connectivity index (χ1) is 15.2. The van der Waals surface area contributed by atoms with Crippen LogP contribution in [0.15, 0.2) is 60.8 Å². The molecule has 1 heterocycles. The van der Waals surface area contributed by atoms with E-state index in [4.69, 9.17) is 4.98 Å². The third-order valence-electron chi connectivity index (χ3n) is 5.92. The Balaban J connectivity index is 1.48. The third-order valence-corrected chi connectivity index (χ3v) is 5.92. The second kappa shape index (κ2) is 10.2. The summed E-state index contributed by atoms with van der Waals surface area (Å²) in [5.41, 5.74) is 3.81. The molecular formula is C26H29N3O2. The molecule has 2 aromatic carbocycles. The summed E-state index contributed by atoms with van der Waals surface area (Å²) in [5.74, 6) is 1.13. The van der Waals surface area contributed by atoms with E-state index in [1.807, 2.05) is 30.3 Å². The minimum Gasteiger partial charge on any atom is -0.508 e. The Labute approximate surface area is 183 Å². The van der Waals surface area contributed by atoms with Crippen LogP contribution in [0.4, 0.5) is 5.82 Å². The highest BCUT2D eigenvalue weighted by Crippen LogP contribution is 2.35. The van der Waals surface area contributed by atoms with Crippen molar-refractivity contribution in [1.82, 2.24) is 9.97 Å². The quantitative estimate of drug-likeness (QED) is 0.507. The van der Waals surface area contributed by atoms with Crippen LogP contribution in [0.3, 0.4) is 0 Å². The van der Waals surface area contributed by atoms with Gasteiger partial charge in [0.1, 0.15) is 5.75 Å². The van der Waals surface area contributed by atoms with E-state index in [0.717, 1.165) is 42.6 Å². The predicted molar refractivity (Wildman–Crippen MR) is 123 cm³/mol. The number of aromatic hydroxyl groups is 1. The van der Waals surface area contributed by atoms with Gasteiger partial charge in [-0.25, -0.2) is 9.97 Å². The number of phenolic OH excluding ortho intramolecular Hbond substituents is 1. The number of aromatic nitrogens is 2. The molecule has 5 nitrogen and oxygen atoms in total. The monoisotopic (exact) mass is 415 g/mol. The average molecular weight is 416 g/mol. The normalized spacial score (nSPS) is 14.3. The molecule has 4 rings (SSSR count). The fourth-order valence-corrected chi connectivity index (χ4v) is 4.22. The Hall–Kier alpha value is -3.21. The van der Waals surface area contributed by atoms with Crippen molar-refractivity contribution in [2.45, 2.75) is 57.3 Å². The average Bonchev–Trinajstić information content (AvgIpc) is 2.81. The molecule has 1 fully saturated rings. The van der Waals surface area contributed by atoms with Gasteiger partial charge in [0.25, 0.3) is 0 Å². The highest BCUT2D eigenvalue weighted by Gasteiger charge is 2.23. The van der Waals surface area contributed by atoms with Crippen molar-refractivity contribution in [1.29, 1.82) is 0 Å². The first-order valence-corrected chi connectivity index (χ1v) is 11.2. The van der Waals surface area contributed by atoms with Crippen LogP contribution in [0.2, 0.25) is 0 Å². The molecule has 0 radical (unpaired) electrons. The molecule has 1 aliphatic carbocycles. The standard InChI is InChI=1S/C26H29N3O2/c30-22-16-14-20(15-17-22)23-18-27-26(25(28-23)21-11-5-2-6-12-21)29-24(31)13-7-10-19-8-3-1-4-9-19/h1,3-4,8-9,14-18,21,30H,2,5-7,10-13H2,(H,27,29,31). The van der Waals surface area contributed by atoms with Crippen LogP contribution < -0.4 is 5.32 Å². The highest BCUT2D eigenvalue weighted by atomic mass is 16.3. The number of carbonyl (C=O) groups excluding carboxylic acids is 1. The van der Waals surface area contributed by atoms with E-state index in [-0.39, 0.29) is 11.7 Å². The molecule has 2 N–H and O–H groups in total.